The molecule has 1 amide bonds. The Morgan fingerprint density at radius 1 is 1.06 bits per heavy atom. The zero-order valence-corrected chi connectivity index (χ0v) is 17.5. The van der Waals surface area contributed by atoms with E-state index in [1.165, 1.54) is 12.3 Å². The van der Waals surface area contributed by atoms with Crippen LogP contribution in [0.1, 0.15) is 48.4 Å². The lowest BCUT2D eigenvalue weighted by molar-refractivity contribution is -0.290. The number of alkyl halides is 5. The molecule has 0 aromatic carbocycles. The number of amides is 1. The van der Waals surface area contributed by atoms with Gasteiger partial charge in [-0.3, -0.25) is 14.6 Å². The molecule has 2 aromatic rings. The maximum Gasteiger partial charge on any atom is 0.456 e. The lowest BCUT2D eigenvalue weighted by Gasteiger charge is -2.19. The predicted octanol–water partition coefficient (Wildman–Crippen LogP) is 4.31. The molecule has 0 spiro atoms. The van der Waals surface area contributed by atoms with Crippen molar-refractivity contribution >= 4 is 11.7 Å². The third kappa shape index (κ3) is 6.69. The molecule has 0 aliphatic carbocycles. The molecule has 2 rings (SSSR count). The monoisotopic (exact) mass is 459 g/mol. The van der Waals surface area contributed by atoms with Crippen molar-refractivity contribution in [1.82, 2.24) is 15.3 Å². The zero-order valence-electron chi connectivity index (χ0n) is 17.5. The quantitative estimate of drug-likeness (QED) is 0.566. The number of hydrogen-bond acceptors (Lipinski definition) is 5. The van der Waals surface area contributed by atoms with Gasteiger partial charge in [-0.15, -0.1) is 0 Å². The SMILES string of the molecule is CC(C)C(=O)Cc1cc(C(C)NC(=O)c2ccc(OCC(F)(F)C(F)(F)F)nc2)ccn1. The molecule has 11 heteroatoms. The second-order valence-corrected chi connectivity index (χ2v) is 7.45. The van der Waals surface area contributed by atoms with Crippen LogP contribution in [0.2, 0.25) is 0 Å². The molecule has 32 heavy (non-hydrogen) atoms. The van der Waals surface area contributed by atoms with Crippen molar-refractivity contribution in [1.29, 1.82) is 0 Å². The molecule has 2 heterocycles. The molecule has 0 bridgehead atoms. The van der Waals surface area contributed by atoms with Crippen molar-refractivity contribution in [2.24, 2.45) is 5.92 Å². The van der Waals surface area contributed by atoms with Crippen LogP contribution in [-0.2, 0) is 11.2 Å². The molecule has 1 atom stereocenters. The van der Waals surface area contributed by atoms with Crippen molar-refractivity contribution < 1.29 is 36.3 Å². The number of hydrogen-bond donors (Lipinski definition) is 1. The van der Waals surface area contributed by atoms with Crippen LogP contribution in [0.25, 0.3) is 0 Å². The van der Waals surface area contributed by atoms with Gasteiger partial charge in [0.2, 0.25) is 5.88 Å². The van der Waals surface area contributed by atoms with Crippen molar-refractivity contribution in [3.05, 3.63) is 53.5 Å². The van der Waals surface area contributed by atoms with Gasteiger partial charge in [0.15, 0.2) is 6.61 Å². The third-order valence-corrected chi connectivity index (χ3v) is 4.50. The van der Waals surface area contributed by atoms with E-state index in [0.29, 0.717) is 11.3 Å². The maximum atomic E-state index is 12.9. The number of nitrogens with one attached hydrogen (secondary N) is 1. The van der Waals surface area contributed by atoms with E-state index in [1.807, 2.05) is 0 Å². The first-order chi connectivity index (χ1) is 14.8. The number of carbonyl (C=O) groups excluding carboxylic acids is 2. The summed E-state index contributed by atoms with van der Waals surface area (Å²) < 4.78 is 66.7. The fourth-order valence-electron chi connectivity index (χ4n) is 2.46. The summed E-state index contributed by atoms with van der Waals surface area (Å²) in [5.74, 6) is -6.14. The summed E-state index contributed by atoms with van der Waals surface area (Å²) in [4.78, 5) is 32.1. The van der Waals surface area contributed by atoms with Crippen LogP contribution < -0.4 is 10.1 Å². The highest BCUT2D eigenvalue weighted by molar-refractivity contribution is 5.94. The Kier molecular flexibility index (Phi) is 7.87. The van der Waals surface area contributed by atoms with Crippen LogP contribution in [0.3, 0.4) is 0 Å². The van der Waals surface area contributed by atoms with Crippen LogP contribution in [0, 0.1) is 5.92 Å². The van der Waals surface area contributed by atoms with Crippen LogP contribution >= 0.6 is 0 Å². The standard InChI is InChI=1S/C21H22F5N3O3/c1-12(2)17(30)9-16-8-14(6-7-27-16)13(3)29-19(31)15-4-5-18(28-10-15)32-11-20(22,23)21(24,25)26/h4-8,10,12-13H,9,11H2,1-3H3,(H,29,31). The van der Waals surface area contributed by atoms with Crippen molar-refractivity contribution in [2.45, 2.75) is 45.3 Å². The predicted molar refractivity (Wildman–Crippen MR) is 104 cm³/mol. The molecule has 6 nitrogen and oxygen atoms in total. The van der Waals surface area contributed by atoms with Gasteiger partial charge in [0.25, 0.3) is 5.91 Å². The second kappa shape index (κ2) is 10.0. The fraction of sp³-hybridized carbons (Fsp3) is 0.429. The van der Waals surface area contributed by atoms with E-state index in [2.05, 4.69) is 20.0 Å². The van der Waals surface area contributed by atoms with Gasteiger partial charge in [-0.05, 0) is 30.7 Å². The number of ketones is 1. The van der Waals surface area contributed by atoms with Gasteiger partial charge < -0.3 is 10.1 Å². The molecule has 0 aliphatic rings. The van der Waals surface area contributed by atoms with Gasteiger partial charge in [-0.25, -0.2) is 4.98 Å². The largest absolute Gasteiger partial charge is 0.471 e. The number of nitrogens with zero attached hydrogens (tertiary/aromatic N) is 2. The van der Waals surface area contributed by atoms with Gasteiger partial charge in [0, 0.05) is 36.5 Å². The van der Waals surface area contributed by atoms with Crippen LogP contribution in [0.15, 0.2) is 36.7 Å². The highest BCUT2D eigenvalue weighted by Crippen LogP contribution is 2.35. The highest BCUT2D eigenvalue weighted by atomic mass is 19.4. The first-order valence-electron chi connectivity index (χ1n) is 9.62. The van der Waals surface area contributed by atoms with Gasteiger partial charge in [-0.1, -0.05) is 13.8 Å². The lowest BCUT2D eigenvalue weighted by atomic mass is 10.0. The second-order valence-electron chi connectivity index (χ2n) is 7.45. The Balaban J connectivity index is 1.98. The number of ether oxygens (including phenoxy) is 1. The van der Waals surface area contributed by atoms with Crippen LogP contribution in [-0.4, -0.2) is 40.4 Å². The molecule has 174 valence electrons. The third-order valence-electron chi connectivity index (χ3n) is 4.50. The molecule has 2 aromatic heterocycles. The summed E-state index contributed by atoms with van der Waals surface area (Å²) in [5.41, 5.74) is 1.33. The van der Waals surface area contributed by atoms with E-state index < -0.39 is 36.5 Å². The Morgan fingerprint density at radius 3 is 2.31 bits per heavy atom. The average molecular weight is 459 g/mol. The molecule has 1 N–H and O–H groups in total. The molecule has 0 saturated carbocycles. The summed E-state index contributed by atoms with van der Waals surface area (Å²) in [7, 11) is 0. The summed E-state index contributed by atoms with van der Waals surface area (Å²) in [6, 6.07) is 5.15. The van der Waals surface area contributed by atoms with E-state index in [-0.39, 0.29) is 23.7 Å². The highest BCUT2D eigenvalue weighted by Gasteiger charge is 2.58. The van der Waals surface area contributed by atoms with E-state index in [1.54, 1.807) is 32.9 Å². The van der Waals surface area contributed by atoms with Crippen LogP contribution in [0.4, 0.5) is 22.0 Å². The number of halogens is 5. The molecule has 0 aliphatic heterocycles. The van der Waals surface area contributed by atoms with Crippen molar-refractivity contribution in [3.8, 4) is 5.88 Å². The number of pyridine rings is 2. The normalized spacial score (nSPS) is 13.0. The molecule has 0 saturated heterocycles. The molecule has 1 unspecified atom stereocenters. The van der Waals surface area contributed by atoms with Crippen LogP contribution in [0.5, 0.6) is 5.88 Å². The minimum absolute atomic E-state index is 0.0349. The summed E-state index contributed by atoms with van der Waals surface area (Å²) in [6.45, 7) is 3.38. The van der Waals surface area contributed by atoms with Gasteiger partial charge >= 0.3 is 12.1 Å². The van der Waals surface area contributed by atoms with Gasteiger partial charge in [-0.2, -0.15) is 22.0 Å². The van der Waals surface area contributed by atoms with Crippen molar-refractivity contribution in [3.63, 3.8) is 0 Å². The van der Waals surface area contributed by atoms with E-state index in [4.69, 9.17) is 0 Å². The van der Waals surface area contributed by atoms with Gasteiger partial charge in [0.05, 0.1) is 11.6 Å². The zero-order chi connectivity index (χ0) is 24.1. The van der Waals surface area contributed by atoms with Gasteiger partial charge in [0.1, 0.15) is 5.78 Å². The fourth-order valence-corrected chi connectivity index (χ4v) is 2.46. The Morgan fingerprint density at radius 2 is 1.75 bits per heavy atom. The minimum Gasteiger partial charge on any atom is -0.471 e. The number of Topliss-reactive ketones (excluding diaryl/α,β-unsaturated/α-hetero) is 1. The van der Waals surface area contributed by atoms with E-state index in [9.17, 15) is 31.5 Å². The van der Waals surface area contributed by atoms with Crippen molar-refractivity contribution in [2.75, 3.05) is 6.61 Å². The first kappa shape index (κ1) is 25.2. The molecule has 0 fully saturated rings. The topological polar surface area (TPSA) is 81.2 Å². The number of rotatable bonds is 9. The first-order valence-corrected chi connectivity index (χ1v) is 9.62. The Hall–Kier alpha value is -3.11. The van der Waals surface area contributed by atoms with E-state index >= 15 is 0 Å². The Bertz CT molecular complexity index is 946. The number of aromatic nitrogens is 2. The molecular weight excluding hydrogens is 437 g/mol. The molecular formula is C21H22F5N3O3. The number of carbonyl (C=O) groups is 2. The summed E-state index contributed by atoms with van der Waals surface area (Å²) in [6.07, 6.45) is -3.03. The summed E-state index contributed by atoms with van der Waals surface area (Å²) in [5, 5.41) is 2.71. The minimum atomic E-state index is -5.74. The maximum absolute atomic E-state index is 12.9. The smallest absolute Gasteiger partial charge is 0.456 e. The average Bonchev–Trinajstić information content (AvgIpc) is 2.72. The summed E-state index contributed by atoms with van der Waals surface area (Å²) >= 11 is 0. The Labute approximate surface area is 181 Å². The molecule has 0 radical (unpaired) electrons. The lowest BCUT2D eigenvalue weighted by Crippen LogP contribution is -2.41. The van der Waals surface area contributed by atoms with E-state index in [0.717, 1.165) is 12.3 Å².